The minimum atomic E-state index is -2.93. The molecule has 1 N–H and O–H groups in total. The summed E-state index contributed by atoms with van der Waals surface area (Å²) in [7, 11) is -2.93. The lowest BCUT2D eigenvalue weighted by Crippen LogP contribution is -2.29. The molecule has 7 heteroatoms. The van der Waals surface area contributed by atoms with Crippen LogP contribution < -0.4 is 0 Å². The molecule has 3 heterocycles. The molecule has 1 saturated heterocycles. The van der Waals surface area contributed by atoms with Crippen molar-refractivity contribution in [3.63, 3.8) is 0 Å². The van der Waals surface area contributed by atoms with Crippen molar-refractivity contribution in [2.45, 2.75) is 38.1 Å². The summed E-state index contributed by atoms with van der Waals surface area (Å²) in [6.45, 7) is 0.880. The lowest BCUT2D eigenvalue weighted by atomic mass is 9.98. The first-order valence-electron chi connectivity index (χ1n) is 6.82. The number of sulfone groups is 1. The van der Waals surface area contributed by atoms with Gasteiger partial charge in [0.2, 0.25) is 0 Å². The van der Waals surface area contributed by atoms with Crippen LogP contribution in [0.1, 0.15) is 36.8 Å². The molecular weight excluding hydrogens is 266 g/mol. The third-order valence-electron chi connectivity index (χ3n) is 4.16. The standard InChI is InChI=1S/C12H19N3O3S/c16-7-9-3-4-11-13-14-12(15(11)6-9)10-2-1-5-19(17,18)8-10/h9-10,16H,1-8H2. The van der Waals surface area contributed by atoms with Crippen LogP contribution in [-0.2, 0) is 22.8 Å². The monoisotopic (exact) mass is 285 g/mol. The van der Waals surface area contributed by atoms with E-state index in [9.17, 15) is 13.5 Å². The van der Waals surface area contributed by atoms with Crippen LogP contribution in [0.4, 0.5) is 0 Å². The molecule has 0 amide bonds. The van der Waals surface area contributed by atoms with Gasteiger partial charge in [-0.2, -0.15) is 0 Å². The van der Waals surface area contributed by atoms with Gasteiger partial charge in [0.25, 0.3) is 0 Å². The summed E-state index contributed by atoms with van der Waals surface area (Å²) in [5.41, 5.74) is 0. The molecule has 1 fully saturated rings. The SMILES string of the molecule is O=S1(=O)CCCC(c2nnc3n2CC(CO)CC3)C1. The molecule has 0 spiro atoms. The van der Waals surface area contributed by atoms with E-state index >= 15 is 0 Å². The molecule has 2 aliphatic rings. The molecule has 0 bridgehead atoms. The van der Waals surface area contributed by atoms with Crippen molar-refractivity contribution >= 4 is 9.84 Å². The van der Waals surface area contributed by atoms with Gasteiger partial charge in [-0.3, -0.25) is 0 Å². The summed E-state index contributed by atoms with van der Waals surface area (Å²) < 4.78 is 25.5. The molecule has 0 saturated carbocycles. The van der Waals surface area contributed by atoms with E-state index in [1.807, 2.05) is 4.57 Å². The van der Waals surface area contributed by atoms with Gasteiger partial charge < -0.3 is 9.67 Å². The first-order valence-corrected chi connectivity index (χ1v) is 8.64. The van der Waals surface area contributed by atoms with E-state index in [4.69, 9.17) is 0 Å². The van der Waals surface area contributed by atoms with Gasteiger partial charge in [-0.25, -0.2) is 8.42 Å². The minimum absolute atomic E-state index is 0.0301. The maximum Gasteiger partial charge on any atom is 0.151 e. The van der Waals surface area contributed by atoms with E-state index in [2.05, 4.69) is 10.2 Å². The van der Waals surface area contributed by atoms with E-state index in [0.717, 1.165) is 30.9 Å². The van der Waals surface area contributed by atoms with Crippen molar-refractivity contribution in [3.05, 3.63) is 11.6 Å². The lowest BCUT2D eigenvalue weighted by molar-refractivity contribution is 0.189. The Balaban J connectivity index is 1.88. The Hall–Kier alpha value is -0.950. The average Bonchev–Trinajstić information content (AvgIpc) is 2.80. The third kappa shape index (κ3) is 2.53. The number of nitrogens with zero attached hydrogens (tertiary/aromatic N) is 3. The molecule has 1 aromatic heterocycles. The van der Waals surface area contributed by atoms with Gasteiger partial charge in [-0.15, -0.1) is 10.2 Å². The second kappa shape index (κ2) is 4.86. The zero-order chi connectivity index (χ0) is 13.5. The Morgan fingerprint density at radius 1 is 1.32 bits per heavy atom. The quantitative estimate of drug-likeness (QED) is 0.834. The average molecular weight is 285 g/mol. The van der Waals surface area contributed by atoms with E-state index in [1.54, 1.807) is 0 Å². The van der Waals surface area contributed by atoms with Crippen LogP contribution in [0.25, 0.3) is 0 Å². The van der Waals surface area contributed by atoms with Gasteiger partial charge >= 0.3 is 0 Å². The highest BCUT2D eigenvalue weighted by Crippen LogP contribution is 2.30. The van der Waals surface area contributed by atoms with Crippen LogP contribution in [0.2, 0.25) is 0 Å². The fourth-order valence-corrected chi connectivity index (χ4v) is 4.80. The van der Waals surface area contributed by atoms with Gasteiger partial charge in [-0.1, -0.05) is 0 Å². The second-order valence-corrected chi connectivity index (χ2v) is 7.85. The van der Waals surface area contributed by atoms with E-state index in [-0.39, 0.29) is 24.2 Å². The summed E-state index contributed by atoms with van der Waals surface area (Å²) in [6, 6.07) is 0. The van der Waals surface area contributed by atoms with Crippen LogP contribution in [0, 0.1) is 5.92 Å². The Kier molecular flexibility index (Phi) is 3.34. The van der Waals surface area contributed by atoms with Crippen LogP contribution in [0.5, 0.6) is 0 Å². The lowest BCUT2D eigenvalue weighted by Gasteiger charge is -2.26. The number of hydrogen-bond donors (Lipinski definition) is 1. The molecule has 0 aliphatic carbocycles. The zero-order valence-corrected chi connectivity index (χ0v) is 11.6. The molecule has 2 aliphatic heterocycles. The van der Waals surface area contributed by atoms with Crippen LogP contribution >= 0.6 is 0 Å². The summed E-state index contributed by atoms with van der Waals surface area (Å²) in [6.07, 6.45) is 3.31. The van der Waals surface area contributed by atoms with Crippen LogP contribution in [-0.4, -0.2) is 46.4 Å². The summed E-state index contributed by atoms with van der Waals surface area (Å²) in [5, 5.41) is 17.7. The fraction of sp³-hybridized carbons (Fsp3) is 0.833. The van der Waals surface area contributed by atoms with Gasteiger partial charge in [0.15, 0.2) is 9.84 Å². The summed E-state index contributed by atoms with van der Waals surface area (Å²) in [5.74, 6) is 2.43. The minimum Gasteiger partial charge on any atom is -0.396 e. The highest BCUT2D eigenvalue weighted by molar-refractivity contribution is 7.91. The Morgan fingerprint density at radius 3 is 2.89 bits per heavy atom. The number of rotatable bonds is 2. The van der Waals surface area contributed by atoms with Crippen molar-refractivity contribution in [2.24, 2.45) is 5.92 Å². The number of aromatic nitrogens is 3. The topological polar surface area (TPSA) is 85.1 Å². The predicted molar refractivity (Wildman–Crippen MR) is 69.5 cm³/mol. The molecule has 6 nitrogen and oxygen atoms in total. The Morgan fingerprint density at radius 2 is 2.16 bits per heavy atom. The fourth-order valence-electron chi connectivity index (χ4n) is 3.09. The van der Waals surface area contributed by atoms with Gasteiger partial charge in [0.1, 0.15) is 11.6 Å². The smallest absolute Gasteiger partial charge is 0.151 e. The highest BCUT2D eigenvalue weighted by atomic mass is 32.2. The molecule has 3 rings (SSSR count). The highest BCUT2D eigenvalue weighted by Gasteiger charge is 2.32. The van der Waals surface area contributed by atoms with Crippen molar-refractivity contribution < 1.29 is 13.5 Å². The van der Waals surface area contributed by atoms with Crippen molar-refractivity contribution in [1.29, 1.82) is 0 Å². The van der Waals surface area contributed by atoms with Crippen molar-refractivity contribution in [1.82, 2.24) is 14.8 Å². The van der Waals surface area contributed by atoms with E-state index < -0.39 is 9.84 Å². The summed E-state index contributed by atoms with van der Waals surface area (Å²) >= 11 is 0. The van der Waals surface area contributed by atoms with Gasteiger partial charge in [-0.05, 0) is 19.3 Å². The zero-order valence-electron chi connectivity index (χ0n) is 10.8. The van der Waals surface area contributed by atoms with Gasteiger partial charge in [0.05, 0.1) is 11.5 Å². The molecule has 1 aromatic rings. The number of aliphatic hydroxyl groups excluding tert-OH is 1. The van der Waals surface area contributed by atoms with E-state index in [1.165, 1.54) is 0 Å². The number of aryl methyl sites for hydroxylation is 1. The number of hydrogen-bond acceptors (Lipinski definition) is 5. The first kappa shape index (κ1) is 13.1. The van der Waals surface area contributed by atoms with Crippen molar-refractivity contribution in [2.75, 3.05) is 18.1 Å². The largest absolute Gasteiger partial charge is 0.396 e. The number of fused-ring (bicyclic) bond motifs is 1. The van der Waals surface area contributed by atoms with Crippen LogP contribution in [0.3, 0.4) is 0 Å². The maximum atomic E-state index is 11.7. The summed E-state index contributed by atoms with van der Waals surface area (Å²) in [4.78, 5) is 0. The van der Waals surface area contributed by atoms with Crippen molar-refractivity contribution in [3.8, 4) is 0 Å². The van der Waals surface area contributed by atoms with Crippen LogP contribution in [0.15, 0.2) is 0 Å². The molecule has 2 unspecified atom stereocenters. The molecule has 106 valence electrons. The first-order chi connectivity index (χ1) is 9.09. The van der Waals surface area contributed by atoms with E-state index in [0.29, 0.717) is 18.7 Å². The normalized spacial score (nSPS) is 29.9. The molecule has 0 radical (unpaired) electrons. The molecule has 0 aromatic carbocycles. The Bertz CT molecular complexity index is 567. The molecular formula is C12H19N3O3S. The molecule has 19 heavy (non-hydrogen) atoms. The number of aliphatic hydroxyl groups is 1. The predicted octanol–water partition coefficient (Wildman–Crippen LogP) is 0.125. The second-order valence-electron chi connectivity index (χ2n) is 5.63. The molecule has 2 atom stereocenters. The maximum absolute atomic E-state index is 11.7. The Labute approximate surface area is 112 Å². The van der Waals surface area contributed by atoms with Gasteiger partial charge in [0, 0.05) is 31.4 Å². The third-order valence-corrected chi connectivity index (χ3v) is 5.98.